The van der Waals surface area contributed by atoms with Crippen LogP contribution in [-0.4, -0.2) is 15.1 Å². The summed E-state index contributed by atoms with van der Waals surface area (Å²) in [6.07, 6.45) is 0.677. The average Bonchev–Trinajstić information content (AvgIpc) is 2.87. The Labute approximate surface area is 103 Å². The highest BCUT2D eigenvalue weighted by Crippen LogP contribution is 2.22. The van der Waals surface area contributed by atoms with Gasteiger partial charge in [-0.2, -0.15) is 4.98 Å². The van der Waals surface area contributed by atoms with E-state index >= 15 is 0 Å². The van der Waals surface area contributed by atoms with E-state index in [9.17, 15) is 10.1 Å². The minimum absolute atomic E-state index is 0.0151. The Morgan fingerprint density at radius 3 is 3.00 bits per heavy atom. The molecule has 0 bridgehead atoms. The molecule has 0 aliphatic carbocycles. The van der Waals surface area contributed by atoms with Crippen LogP contribution < -0.4 is 5.73 Å². The standard InChI is InChI=1S/C11H12N4O3/c1-2-9(12)11-13-10(14-18-11)7-4-3-5-8(6-7)15(16)17/h3-6,9H,2,12H2,1H3. The molecule has 1 aromatic heterocycles. The van der Waals surface area contributed by atoms with Gasteiger partial charge >= 0.3 is 0 Å². The molecule has 1 unspecified atom stereocenters. The van der Waals surface area contributed by atoms with E-state index in [1.807, 2.05) is 6.92 Å². The van der Waals surface area contributed by atoms with Crippen molar-refractivity contribution >= 4 is 5.69 Å². The van der Waals surface area contributed by atoms with Crippen molar-refractivity contribution < 1.29 is 9.45 Å². The van der Waals surface area contributed by atoms with Gasteiger partial charge in [0, 0.05) is 17.7 Å². The summed E-state index contributed by atoms with van der Waals surface area (Å²) in [5.74, 6) is 0.636. The van der Waals surface area contributed by atoms with Crippen molar-refractivity contribution in [1.29, 1.82) is 0 Å². The molecule has 7 nitrogen and oxygen atoms in total. The molecule has 0 fully saturated rings. The first-order valence-corrected chi connectivity index (χ1v) is 5.46. The molecule has 2 N–H and O–H groups in total. The molecule has 1 aromatic carbocycles. The number of benzene rings is 1. The van der Waals surface area contributed by atoms with E-state index in [-0.39, 0.29) is 11.7 Å². The third-order valence-electron chi connectivity index (χ3n) is 2.51. The van der Waals surface area contributed by atoms with E-state index in [1.165, 1.54) is 12.1 Å². The molecule has 0 aliphatic heterocycles. The van der Waals surface area contributed by atoms with E-state index in [0.717, 1.165) is 0 Å². The van der Waals surface area contributed by atoms with E-state index in [0.29, 0.717) is 23.7 Å². The highest BCUT2D eigenvalue weighted by atomic mass is 16.6. The van der Waals surface area contributed by atoms with Crippen LogP contribution in [0.1, 0.15) is 25.3 Å². The highest BCUT2D eigenvalue weighted by molar-refractivity contribution is 5.58. The van der Waals surface area contributed by atoms with Gasteiger partial charge in [-0.15, -0.1) is 0 Å². The first-order chi connectivity index (χ1) is 8.61. The molecule has 0 aliphatic rings. The van der Waals surface area contributed by atoms with Crippen molar-refractivity contribution in [3.63, 3.8) is 0 Å². The van der Waals surface area contributed by atoms with Crippen molar-refractivity contribution in [2.75, 3.05) is 0 Å². The summed E-state index contributed by atoms with van der Waals surface area (Å²) in [7, 11) is 0. The van der Waals surface area contributed by atoms with Gasteiger partial charge in [0.2, 0.25) is 11.7 Å². The van der Waals surface area contributed by atoms with Gasteiger partial charge in [-0.05, 0) is 6.42 Å². The zero-order valence-electron chi connectivity index (χ0n) is 9.74. The lowest BCUT2D eigenvalue weighted by molar-refractivity contribution is -0.384. The summed E-state index contributed by atoms with van der Waals surface area (Å²) in [4.78, 5) is 14.3. The lowest BCUT2D eigenvalue weighted by Gasteiger charge is -1.99. The second-order valence-electron chi connectivity index (χ2n) is 3.78. The van der Waals surface area contributed by atoms with Crippen LogP contribution in [0.2, 0.25) is 0 Å². The molecule has 1 heterocycles. The Balaban J connectivity index is 2.34. The second-order valence-corrected chi connectivity index (χ2v) is 3.78. The fourth-order valence-electron chi connectivity index (χ4n) is 1.44. The Kier molecular flexibility index (Phi) is 3.33. The molecule has 0 radical (unpaired) electrons. The van der Waals surface area contributed by atoms with Gasteiger partial charge in [0.15, 0.2) is 0 Å². The number of hydrogen-bond acceptors (Lipinski definition) is 6. The summed E-state index contributed by atoms with van der Waals surface area (Å²) in [6, 6.07) is 5.74. The smallest absolute Gasteiger partial charge is 0.270 e. The van der Waals surface area contributed by atoms with Crippen LogP contribution in [-0.2, 0) is 0 Å². The Morgan fingerprint density at radius 1 is 1.56 bits per heavy atom. The molecule has 1 atom stereocenters. The number of nitrogens with zero attached hydrogens (tertiary/aromatic N) is 3. The zero-order chi connectivity index (χ0) is 13.1. The van der Waals surface area contributed by atoms with Crippen LogP contribution in [0.4, 0.5) is 5.69 Å². The molecule has 0 spiro atoms. The van der Waals surface area contributed by atoms with Crippen molar-refractivity contribution in [1.82, 2.24) is 10.1 Å². The van der Waals surface area contributed by atoms with Crippen LogP contribution in [0.3, 0.4) is 0 Å². The fourth-order valence-corrected chi connectivity index (χ4v) is 1.44. The minimum atomic E-state index is -0.470. The van der Waals surface area contributed by atoms with E-state index in [1.54, 1.807) is 12.1 Å². The zero-order valence-corrected chi connectivity index (χ0v) is 9.74. The topological polar surface area (TPSA) is 108 Å². The van der Waals surface area contributed by atoms with Gasteiger partial charge < -0.3 is 10.3 Å². The van der Waals surface area contributed by atoms with Crippen LogP contribution in [0, 0.1) is 10.1 Å². The largest absolute Gasteiger partial charge is 0.337 e. The van der Waals surface area contributed by atoms with E-state index < -0.39 is 4.92 Å². The molecular formula is C11H12N4O3. The lowest BCUT2D eigenvalue weighted by Crippen LogP contribution is -2.08. The lowest BCUT2D eigenvalue weighted by atomic mass is 10.2. The first kappa shape index (κ1) is 12.2. The second kappa shape index (κ2) is 4.92. The molecule has 0 saturated carbocycles. The maximum atomic E-state index is 10.7. The van der Waals surface area contributed by atoms with Crippen molar-refractivity contribution in [3.05, 3.63) is 40.3 Å². The summed E-state index contributed by atoms with van der Waals surface area (Å²) in [6.45, 7) is 1.90. The van der Waals surface area contributed by atoms with Gasteiger partial charge in [-0.3, -0.25) is 10.1 Å². The molecule has 0 amide bonds. The number of nitro groups is 1. The third-order valence-corrected chi connectivity index (χ3v) is 2.51. The molecule has 7 heteroatoms. The van der Waals surface area contributed by atoms with Crippen LogP contribution >= 0.6 is 0 Å². The summed E-state index contributed by atoms with van der Waals surface area (Å²) >= 11 is 0. The average molecular weight is 248 g/mol. The third kappa shape index (κ3) is 2.35. The summed E-state index contributed by atoms with van der Waals surface area (Å²) in [5.41, 5.74) is 6.27. The van der Waals surface area contributed by atoms with Gasteiger partial charge in [0.1, 0.15) is 0 Å². The number of rotatable bonds is 4. The highest BCUT2D eigenvalue weighted by Gasteiger charge is 2.15. The van der Waals surface area contributed by atoms with E-state index in [4.69, 9.17) is 10.3 Å². The number of non-ortho nitro benzene ring substituents is 1. The normalized spacial score (nSPS) is 12.3. The quantitative estimate of drug-likeness (QED) is 0.655. The molecule has 0 saturated heterocycles. The maximum Gasteiger partial charge on any atom is 0.270 e. The number of hydrogen-bond donors (Lipinski definition) is 1. The summed E-state index contributed by atoms with van der Waals surface area (Å²) in [5, 5.41) is 14.4. The maximum absolute atomic E-state index is 10.7. The van der Waals surface area contributed by atoms with Crippen LogP contribution in [0.25, 0.3) is 11.4 Å². The first-order valence-electron chi connectivity index (χ1n) is 5.46. The Bertz CT molecular complexity index is 567. The van der Waals surface area contributed by atoms with Gasteiger partial charge in [0.05, 0.1) is 11.0 Å². The fraction of sp³-hybridized carbons (Fsp3) is 0.273. The number of nitro benzene ring substituents is 1. The minimum Gasteiger partial charge on any atom is -0.337 e. The number of aromatic nitrogens is 2. The SMILES string of the molecule is CCC(N)c1nc(-c2cccc([N+](=O)[O-])c2)no1. The molecular weight excluding hydrogens is 236 g/mol. The Morgan fingerprint density at radius 2 is 2.33 bits per heavy atom. The predicted molar refractivity (Wildman–Crippen MR) is 63.6 cm³/mol. The monoisotopic (exact) mass is 248 g/mol. The molecule has 2 aromatic rings. The van der Waals surface area contributed by atoms with E-state index in [2.05, 4.69) is 10.1 Å². The molecule has 94 valence electrons. The van der Waals surface area contributed by atoms with Crippen molar-refractivity contribution in [2.45, 2.75) is 19.4 Å². The molecule has 2 rings (SSSR count). The summed E-state index contributed by atoms with van der Waals surface area (Å²) < 4.78 is 5.02. The van der Waals surface area contributed by atoms with Crippen molar-refractivity contribution in [3.8, 4) is 11.4 Å². The van der Waals surface area contributed by atoms with Crippen LogP contribution in [0.5, 0.6) is 0 Å². The number of nitrogens with two attached hydrogens (primary N) is 1. The Hall–Kier alpha value is -2.28. The van der Waals surface area contributed by atoms with Gasteiger partial charge in [0.25, 0.3) is 5.69 Å². The molecule has 18 heavy (non-hydrogen) atoms. The van der Waals surface area contributed by atoms with Crippen LogP contribution in [0.15, 0.2) is 28.8 Å². The predicted octanol–water partition coefficient (Wildman–Crippen LogP) is 2.05. The van der Waals surface area contributed by atoms with Gasteiger partial charge in [-0.25, -0.2) is 0 Å². The van der Waals surface area contributed by atoms with Crippen molar-refractivity contribution in [2.24, 2.45) is 5.73 Å². The van der Waals surface area contributed by atoms with Gasteiger partial charge in [-0.1, -0.05) is 24.2 Å².